The Morgan fingerprint density at radius 1 is 1.32 bits per heavy atom. The molecule has 0 radical (unpaired) electrons. The van der Waals surface area contributed by atoms with Crippen LogP contribution in [0.5, 0.6) is 0 Å². The monoisotopic (exact) mass is 269 g/mol. The van der Waals surface area contributed by atoms with Crippen molar-refractivity contribution in [3.63, 3.8) is 0 Å². The van der Waals surface area contributed by atoms with Gasteiger partial charge in [0.15, 0.2) is 0 Å². The number of hydrogen-bond acceptors (Lipinski definition) is 3. The van der Waals surface area contributed by atoms with Gasteiger partial charge in [0.1, 0.15) is 0 Å². The predicted molar refractivity (Wildman–Crippen MR) is 79.9 cm³/mol. The predicted octanol–water partition coefficient (Wildman–Crippen LogP) is 1.59. The maximum Gasteiger partial charge on any atom is 0.233 e. The second kappa shape index (κ2) is 7.25. The maximum atomic E-state index is 11.5. The SMILES string of the molecule is CC(C)[C@@H]1C[C@H](N(C)C(C)C)CC[C@@H]1NC(=O)CN. The van der Waals surface area contributed by atoms with E-state index >= 15 is 0 Å². The van der Waals surface area contributed by atoms with E-state index in [0.717, 1.165) is 12.8 Å². The Labute approximate surface area is 118 Å². The van der Waals surface area contributed by atoms with Crippen LogP contribution in [0.2, 0.25) is 0 Å². The lowest BCUT2D eigenvalue weighted by atomic mass is 9.75. The van der Waals surface area contributed by atoms with Gasteiger partial charge in [-0.15, -0.1) is 0 Å². The molecule has 0 aliphatic heterocycles. The standard InChI is InChI=1S/C15H31N3O/c1-10(2)13-8-12(18(5)11(3)4)6-7-14(13)17-15(19)9-16/h10-14H,6-9,16H2,1-5H3,(H,17,19)/t12-,13+,14+/m1/s1. The van der Waals surface area contributed by atoms with Crippen molar-refractivity contribution in [2.45, 2.75) is 65.1 Å². The molecular weight excluding hydrogens is 238 g/mol. The molecule has 112 valence electrons. The van der Waals surface area contributed by atoms with E-state index in [1.165, 1.54) is 6.42 Å². The molecule has 3 N–H and O–H groups in total. The minimum atomic E-state index is -0.0219. The average molecular weight is 269 g/mol. The minimum absolute atomic E-state index is 0.0219. The Hall–Kier alpha value is -0.610. The number of rotatable bonds is 5. The summed E-state index contributed by atoms with van der Waals surface area (Å²) in [6.45, 7) is 9.09. The first-order valence-corrected chi connectivity index (χ1v) is 7.58. The molecule has 0 aromatic heterocycles. The van der Waals surface area contributed by atoms with E-state index in [9.17, 15) is 4.79 Å². The van der Waals surface area contributed by atoms with Crippen molar-refractivity contribution in [1.29, 1.82) is 0 Å². The molecule has 3 atom stereocenters. The van der Waals surface area contributed by atoms with E-state index in [0.29, 0.717) is 30.0 Å². The third-order valence-corrected chi connectivity index (χ3v) is 4.65. The van der Waals surface area contributed by atoms with Crippen LogP contribution in [0.4, 0.5) is 0 Å². The Balaban J connectivity index is 2.67. The first-order valence-electron chi connectivity index (χ1n) is 7.58. The van der Waals surface area contributed by atoms with Gasteiger partial charge in [0.05, 0.1) is 6.54 Å². The molecule has 0 spiro atoms. The molecule has 1 amide bonds. The maximum absolute atomic E-state index is 11.5. The van der Waals surface area contributed by atoms with Gasteiger partial charge in [0, 0.05) is 18.1 Å². The molecule has 1 fully saturated rings. The molecule has 1 saturated carbocycles. The number of hydrogen-bond donors (Lipinski definition) is 2. The lowest BCUT2D eigenvalue weighted by molar-refractivity contribution is -0.121. The zero-order valence-corrected chi connectivity index (χ0v) is 13.1. The van der Waals surface area contributed by atoms with Crippen LogP contribution in [-0.4, -0.2) is 42.5 Å². The summed E-state index contributed by atoms with van der Waals surface area (Å²) >= 11 is 0. The molecule has 0 unspecified atom stereocenters. The molecular formula is C15H31N3O. The van der Waals surface area contributed by atoms with E-state index in [4.69, 9.17) is 5.73 Å². The zero-order chi connectivity index (χ0) is 14.6. The van der Waals surface area contributed by atoms with Gasteiger partial charge in [-0.05, 0) is 52.0 Å². The van der Waals surface area contributed by atoms with Crippen LogP contribution >= 0.6 is 0 Å². The van der Waals surface area contributed by atoms with Crippen LogP contribution in [0.25, 0.3) is 0 Å². The number of nitrogens with zero attached hydrogens (tertiary/aromatic N) is 1. The van der Waals surface area contributed by atoms with Gasteiger partial charge < -0.3 is 16.0 Å². The molecule has 0 aromatic carbocycles. The minimum Gasteiger partial charge on any atom is -0.352 e. The van der Waals surface area contributed by atoms with Crippen LogP contribution < -0.4 is 11.1 Å². The summed E-state index contributed by atoms with van der Waals surface area (Å²) in [4.78, 5) is 14.0. The Morgan fingerprint density at radius 2 is 1.95 bits per heavy atom. The number of nitrogens with two attached hydrogens (primary N) is 1. The highest BCUT2D eigenvalue weighted by atomic mass is 16.1. The van der Waals surface area contributed by atoms with Crippen molar-refractivity contribution < 1.29 is 4.79 Å². The Kier molecular flexibility index (Phi) is 6.27. The van der Waals surface area contributed by atoms with Crippen molar-refractivity contribution in [3.05, 3.63) is 0 Å². The largest absolute Gasteiger partial charge is 0.352 e. The average Bonchev–Trinajstić information content (AvgIpc) is 2.37. The third kappa shape index (κ3) is 4.46. The molecule has 1 aliphatic carbocycles. The van der Waals surface area contributed by atoms with Gasteiger partial charge in [-0.2, -0.15) is 0 Å². The van der Waals surface area contributed by atoms with Gasteiger partial charge in [0.25, 0.3) is 0 Å². The number of amides is 1. The second-order valence-electron chi connectivity index (χ2n) is 6.51. The van der Waals surface area contributed by atoms with Crippen molar-refractivity contribution in [3.8, 4) is 0 Å². The third-order valence-electron chi connectivity index (χ3n) is 4.65. The van der Waals surface area contributed by atoms with Crippen LogP contribution in [0.1, 0.15) is 47.0 Å². The summed E-state index contributed by atoms with van der Waals surface area (Å²) in [5.41, 5.74) is 5.41. The van der Waals surface area contributed by atoms with Gasteiger partial charge in [-0.1, -0.05) is 13.8 Å². The molecule has 0 saturated heterocycles. The summed E-state index contributed by atoms with van der Waals surface area (Å²) in [6, 6.07) is 1.51. The number of carbonyl (C=O) groups excluding carboxylic acids is 1. The first-order chi connectivity index (χ1) is 8.86. The van der Waals surface area contributed by atoms with E-state index in [-0.39, 0.29) is 12.5 Å². The highest BCUT2D eigenvalue weighted by Gasteiger charge is 2.35. The quantitative estimate of drug-likeness (QED) is 0.797. The molecule has 0 aromatic rings. The molecule has 4 nitrogen and oxygen atoms in total. The highest BCUT2D eigenvalue weighted by molar-refractivity contribution is 5.78. The molecule has 19 heavy (non-hydrogen) atoms. The topological polar surface area (TPSA) is 58.4 Å². The second-order valence-corrected chi connectivity index (χ2v) is 6.51. The zero-order valence-electron chi connectivity index (χ0n) is 13.1. The Bertz CT molecular complexity index is 291. The number of nitrogens with one attached hydrogen (secondary N) is 1. The molecule has 1 aliphatic rings. The lowest BCUT2D eigenvalue weighted by Crippen LogP contribution is -2.51. The summed E-state index contributed by atoms with van der Waals surface area (Å²) in [7, 11) is 2.21. The van der Waals surface area contributed by atoms with E-state index in [2.05, 4.69) is 45.0 Å². The van der Waals surface area contributed by atoms with Crippen LogP contribution in [0.15, 0.2) is 0 Å². The smallest absolute Gasteiger partial charge is 0.233 e. The normalized spacial score (nSPS) is 28.2. The molecule has 4 heteroatoms. The molecule has 0 bridgehead atoms. The van der Waals surface area contributed by atoms with Crippen molar-refractivity contribution in [2.24, 2.45) is 17.6 Å². The Morgan fingerprint density at radius 3 is 2.42 bits per heavy atom. The van der Waals surface area contributed by atoms with Crippen LogP contribution in [0, 0.1) is 11.8 Å². The fourth-order valence-electron chi connectivity index (χ4n) is 3.16. The highest BCUT2D eigenvalue weighted by Crippen LogP contribution is 2.33. The fraction of sp³-hybridized carbons (Fsp3) is 0.933. The fourth-order valence-corrected chi connectivity index (χ4v) is 3.16. The summed E-state index contributed by atoms with van der Waals surface area (Å²) in [5, 5.41) is 3.11. The van der Waals surface area contributed by atoms with Gasteiger partial charge >= 0.3 is 0 Å². The van der Waals surface area contributed by atoms with Gasteiger partial charge in [-0.25, -0.2) is 0 Å². The van der Waals surface area contributed by atoms with Crippen molar-refractivity contribution >= 4 is 5.91 Å². The van der Waals surface area contributed by atoms with Crippen molar-refractivity contribution in [2.75, 3.05) is 13.6 Å². The molecule has 0 heterocycles. The van der Waals surface area contributed by atoms with Gasteiger partial charge in [0.2, 0.25) is 5.91 Å². The van der Waals surface area contributed by atoms with Gasteiger partial charge in [-0.3, -0.25) is 4.79 Å². The summed E-state index contributed by atoms with van der Waals surface area (Å²) in [6.07, 6.45) is 3.39. The summed E-state index contributed by atoms with van der Waals surface area (Å²) < 4.78 is 0. The summed E-state index contributed by atoms with van der Waals surface area (Å²) in [5.74, 6) is 1.12. The lowest BCUT2D eigenvalue weighted by Gasteiger charge is -2.43. The molecule has 1 rings (SSSR count). The van der Waals surface area contributed by atoms with Crippen LogP contribution in [0.3, 0.4) is 0 Å². The number of carbonyl (C=O) groups is 1. The van der Waals surface area contributed by atoms with E-state index in [1.807, 2.05) is 0 Å². The van der Waals surface area contributed by atoms with E-state index < -0.39 is 0 Å². The first kappa shape index (κ1) is 16.4. The van der Waals surface area contributed by atoms with Crippen LogP contribution in [-0.2, 0) is 4.79 Å². The van der Waals surface area contributed by atoms with E-state index in [1.54, 1.807) is 0 Å². The van der Waals surface area contributed by atoms with Crippen molar-refractivity contribution in [1.82, 2.24) is 10.2 Å².